The number of nitro benzene ring substituents is 1. The van der Waals surface area contributed by atoms with Gasteiger partial charge in [0.2, 0.25) is 0 Å². The molecule has 2 rings (SSSR count). The Morgan fingerprint density at radius 1 is 1.42 bits per heavy atom. The summed E-state index contributed by atoms with van der Waals surface area (Å²) < 4.78 is 0. The van der Waals surface area contributed by atoms with Gasteiger partial charge in [0, 0.05) is 24.1 Å². The van der Waals surface area contributed by atoms with Crippen LogP contribution in [0.3, 0.4) is 0 Å². The fraction of sp³-hybridized carbons (Fsp3) is 0.0909. The molecule has 0 fully saturated rings. The lowest BCUT2D eigenvalue weighted by Crippen LogP contribution is -2.05. The molecule has 0 unspecified atom stereocenters. The SMILES string of the molecule is Nc1cc(CSc2nccc(=O)[nH]2)ccc1[N+](=O)[O-]. The number of aromatic nitrogens is 2. The zero-order valence-electron chi connectivity index (χ0n) is 9.70. The molecule has 0 amide bonds. The van der Waals surface area contributed by atoms with Gasteiger partial charge in [0.05, 0.1) is 4.92 Å². The first-order chi connectivity index (χ1) is 9.06. The lowest BCUT2D eigenvalue weighted by atomic mass is 10.2. The van der Waals surface area contributed by atoms with E-state index < -0.39 is 4.92 Å². The third-order valence-electron chi connectivity index (χ3n) is 2.31. The number of thioether (sulfide) groups is 1. The summed E-state index contributed by atoms with van der Waals surface area (Å²) in [5.41, 5.74) is 6.20. The zero-order chi connectivity index (χ0) is 13.8. The van der Waals surface area contributed by atoms with Gasteiger partial charge in [0.15, 0.2) is 5.16 Å². The van der Waals surface area contributed by atoms with Crippen molar-refractivity contribution in [2.45, 2.75) is 10.9 Å². The Morgan fingerprint density at radius 3 is 2.84 bits per heavy atom. The van der Waals surface area contributed by atoms with Crippen molar-refractivity contribution in [3.63, 3.8) is 0 Å². The highest BCUT2D eigenvalue weighted by Gasteiger charge is 2.11. The van der Waals surface area contributed by atoms with E-state index in [4.69, 9.17) is 5.73 Å². The summed E-state index contributed by atoms with van der Waals surface area (Å²) in [6.07, 6.45) is 1.42. The van der Waals surface area contributed by atoms with Gasteiger partial charge in [-0.2, -0.15) is 0 Å². The number of H-pyrrole nitrogens is 1. The molecule has 1 heterocycles. The summed E-state index contributed by atoms with van der Waals surface area (Å²) in [5.74, 6) is 0.509. The van der Waals surface area contributed by atoms with Gasteiger partial charge in [-0.15, -0.1) is 0 Å². The number of nitrogen functional groups attached to an aromatic ring is 1. The van der Waals surface area contributed by atoms with Crippen LogP contribution in [0.2, 0.25) is 0 Å². The molecule has 0 bridgehead atoms. The van der Waals surface area contributed by atoms with Crippen LogP contribution in [-0.4, -0.2) is 14.9 Å². The Hall–Kier alpha value is -2.35. The Bertz CT molecular complexity index is 671. The summed E-state index contributed by atoms with van der Waals surface area (Å²) >= 11 is 1.32. The standard InChI is InChI=1S/C11H10N4O3S/c12-8-5-7(1-2-9(8)15(17)18)6-19-11-13-4-3-10(16)14-11/h1-5H,6,12H2,(H,13,14,16). The molecule has 7 nitrogen and oxygen atoms in total. The quantitative estimate of drug-likeness (QED) is 0.288. The van der Waals surface area contributed by atoms with Gasteiger partial charge in [0.1, 0.15) is 5.69 Å². The minimum atomic E-state index is -0.525. The van der Waals surface area contributed by atoms with Crippen LogP contribution in [0, 0.1) is 10.1 Å². The van der Waals surface area contributed by atoms with E-state index in [0.717, 1.165) is 5.56 Å². The average Bonchev–Trinajstić information content (AvgIpc) is 2.36. The molecule has 1 aromatic heterocycles. The maximum atomic E-state index is 11.1. The van der Waals surface area contributed by atoms with E-state index in [-0.39, 0.29) is 16.9 Å². The number of benzene rings is 1. The van der Waals surface area contributed by atoms with Crippen molar-refractivity contribution in [1.82, 2.24) is 9.97 Å². The zero-order valence-corrected chi connectivity index (χ0v) is 10.5. The Balaban J connectivity index is 2.10. The van der Waals surface area contributed by atoms with Gasteiger partial charge in [-0.1, -0.05) is 17.8 Å². The van der Waals surface area contributed by atoms with Crippen molar-refractivity contribution in [1.29, 1.82) is 0 Å². The van der Waals surface area contributed by atoms with Crippen LogP contribution >= 0.6 is 11.8 Å². The summed E-state index contributed by atoms with van der Waals surface area (Å²) in [4.78, 5) is 27.7. The van der Waals surface area contributed by atoms with E-state index in [9.17, 15) is 14.9 Å². The van der Waals surface area contributed by atoms with E-state index in [2.05, 4.69) is 9.97 Å². The lowest BCUT2D eigenvalue weighted by molar-refractivity contribution is -0.383. The number of nitrogens with two attached hydrogens (primary N) is 1. The predicted molar refractivity (Wildman–Crippen MR) is 71.9 cm³/mol. The highest BCUT2D eigenvalue weighted by molar-refractivity contribution is 7.98. The number of aromatic amines is 1. The third-order valence-corrected chi connectivity index (χ3v) is 3.27. The predicted octanol–water partition coefficient (Wildman–Crippen LogP) is 1.55. The smallest absolute Gasteiger partial charge is 0.292 e. The van der Waals surface area contributed by atoms with E-state index in [1.807, 2.05) is 0 Å². The van der Waals surface area contributed by atoms with Crippen molar-refractivity contribution < 1.29 is 4.92 Å². The Labute approximate surface area is 112 Å². The monoisotopic (exact) mass is 278 g/mol. The molecule has 0 atom stereocenters. The van der Waals surface area contributed by atoms with Gasteiger partial charge in [-0.3, -0.25) is 14.9 Å². The van der Waals surface area contributed by atoms with Crippen LogP contribution in [0.4, 0.5) is 11.4 Å². The molecule has 0 radical (unpaired) electrons. The molecular weight excluding hydrogens is 268 g/mol. The second kappa shape index (κ2) is 5.53. The summed E-state index contributed by atoms with van der Waals surface area (Å²) in [6.45, 7) is 0. The summed E-state index contributed by atoms with van der Waals surface area (Å²) in [6, 6.07) is 5.87. The fourth-order valence-corrected chi connectivity index (χ4v) is 2.23. The molecule has 3 N–H and O–H groups in total. The van der Waals surface area contributed by atoms with Crippen LogP contribution < -0.4 is 11.3 Å². The first-order valence-corrected chi connectivity index (χ1v) is 6.26. The molecule has 98 valence electrons. The van der Waals surface area contributed by atoms with E-state index in [1.165, 1.54) is 30.1 Å². The first-order valence-electron chi connectivity index (χ1n) is 5.27. The molecule has 0 aliphatic carbocycles. The normalized spacial score (nSPS) is 10.3. The molecule has 0 aliphatic heterocycles. The minimum Gasteiger partial charge on any atom is -0.393 e. The number of nitro groups is 1. The maximum Gasteiger partial charge on any atom is 0.292 e. The number of anilines is 1. The van der Waals surface area contributed by atoms with Crippen molar-refractivity contribution in [2.24, 2.45) is 0 Å². The second-order valence-electron chi connectivity index (χ2n) is 3.68. The van der Waals surface area contributed by atoms with E-state index in [0.29, 0.717) is 10.9 Å². The molecule has 8 heteroatoms. The van der Waals surface area contributed by atoms with Crippen LogP contribution in [0.25, 0.3) is 0 Å². The molecule has 0 saturated heterocycles. The van der Waals surface area contributed by atoms with Gasteiger partial charge in [0.25, 0.3) is 11.2 Å². The van der Waals surface area contributed by atoms with E-state index in [1.54, 1.807) is 12.1 Å². The van der Waals surface area contributed by atoms with Crippen LogP contribution in [0.1, 0.15) is 5.56 Å². The molecular formula is C11H10N4O3S. The third kappa shape index (κ3) is 3.32. The minimum absolute atomic E-state index is 0.111. The maximum absolute atomic E-state index is 11.1. The van der Waals surface area contributed by atoms with Crippen molar-refractivity contribution in [3.05, 3.63) is 56.5 Å². The number of hydrogen-bond acceptors (Lipinski definition) is 6. The highest BCUT2D eigenvalue weighted by Crippen LogP contribution is 2.25. The van der Waals surface area contributed by atoms with Gasteiger partial charge >= 0.3 is 0 Å². The van der Waals surface area contributed by atoms with Crippen molar-refractivity contribution >= 4 is 23.1 Å². The van der Waals surface area contributed by atoms with Crippen LogP contribution in [0.5, 0.6) is 0 Å². The highest BCUT2D eigenvalue weighted by atomic mass is 32.2. The summed E-state index contributed by atoms with van der Waals surface area (Å²) in [5, 5.41) is 11.1. The number of hydrogen-bond donors (Lipinski definition) is 2. The largest absolute Gasteiger partial charge is 0.393 e. The van der Waals surface area contributed by atoms with Crippen LogP contribution in [0.15, 0.2) is 40.4 Å². The molecule has 1 aromatic carbocycles. The average molecular weight is 278 g/mol. The molecule has 2 aromatic rings. The second-order valence-corrected chi connectivity index (χ2v) is 4.64. The topological polar surface area (TPSA) is 115 Å². The van der Waals surface area contributed by atoms with Crippen molar-refractivity contribution in [2.75, 3.05) is 5.73 Å². The Morgan fingerprint density at radius 2 is 2.21 bits per heavy atom. The Kier molecular flexibility index (Phi) is 3.81. The lowest BCUT2D eigenvalue weighted by Gasteiger charge is -2.03. The van der Waals surface area contributed by atoms with Gasteiger partial charge < -0.3 is 10.7 Å². The van der Waals surface area contributed by atoms with E-state index >= 15 is 0 Å². The first kappa shape index (κ1) is 13.1. The number of nitrogens with one attached hydrogen (secondary N) is 1. The molecule has 0 saturated carbocycles. The number of nitrogens with zero attached hydrogens (tertiary/aromatic N) is 2. The fourth-order valence-electron chi connectivity index (χ4n) is 1.44. The molecule has 0 aliphatic rings. The van der Waals surface area contributed by atoms with Crippen molar-refractivity contribution in [3.8, 4) is 0 Å². The molecule has 19 heavy (non-hydrogen) atoms. The summed E-state index contributed by atoms with van der Waals surface area (Å²) in [7, 11) is 0. The van der Waals surface area contributed by atoms with Crippen LogP contribution in [-0.2, 0) is 5.75 Å². The number of rotatable bonds is 4. The van der Waals surface area contributed by atoms with Gasteiger partial charge in [-0.05, 0) is 11.6 Å². The van der Waals surface area contributed by atoms with Gasteiger partial charge in [-0.25, -0.2) is 4.98 Å². The molecule has 0 spiro atoms.